The molecule has 1 aromatic rings. The van der Waals surface area contributed by atoms with Crippen molar-refractivity contribution in [1.29, 1.82) is 0 Å². The van der Waals surface area contributed by atoms with E-state index in [9.17, 15) is 21.6 Å². The van der Waals surface area contributed by atoms with Gasteiger partial charge < -0.3 is 0 Å². The monoisotopic (exact) mass is 476 g/mol. The number of aryl methyl sites for hydroxylation is 1. The molecule has 0 saturated heterocycles. The fraction of sp³-hybridized carbons (Fsp3) is 0.652. The molecule has 0 N–H and O–H groups in total. The standard InChI is InChI=1S/C23H35F3O3SSi/c1-17(2)31(18(3)4,19(5)6)15-13-21(16-23(24,25)26)12-14-29-30(27,28)22-10-8-20(7)9-11-22/h8-11,17-19,21H,12,14,16H2,1-7H3. The third kappa shape index (κ3) is 7.96. The molecule has 3 nitrogen and oxygen atoms in total. The van der Waals surface area contributed by atoms with Gasteiger partial charge in [-0.05, 0) is 42.1 Å². The second kappa shape index (κ2) is 11.0. The molecule has 0 bridgehead atoms. The summed E-state index contributed by atoms with van der Waals surface area (Å²) in [6.45, 7) is 14.0. The fourth-order valence-corrected chi connectivity index (χ4v) is 10.5. The molecule has 0 spiro atoms. The van der Waals surface area contributed by atoms with Crippen LogP contribution in [0.25, 0.3) is 0 Å². The maximum atomic E-state index is 13.1. The molecule has 1 unspecified atom stereocenters. The second-order valence-corrected chi connectivity index (χ2v) is 16.3. The number of halogens is 3. The first kappa shape index (κ1) is 27.7. The largest absolute Gasteiger partial charge is 0.390 e. The molecule has 1 rings (SSSR count). The van der Waals surface area contributed by atoms with E-state index in [0.717, 1.165) is 5.56 Å². The van der Waals surface area contributed by atoms with Gasteiger partial charge in [-0.15, -0.1) is 11.5 Å². The zero-order chi connectivity index (χ0) is 24.0. The van der Waals surface area contributed by atoms with Crippen LogP contribution in [-0.2, 0) is 14.3 Å². The lowest BCUT2D eigenvalue weighted by atomic mass is 10.0. The van der Waals surface area contributed by atoms with E-state index >= 15 is 0 Å². The van der Waals surface area contributed by atoms with Crippen molar-refractivity contribution in [3.05, 3.63) is 29.8 Å². The van der Waals surface area contributed by atoms with E-state index in [4.69, 9.17) is 4.18 Å². The quantitative estimate of drug-likeness (QED) is 0.222. The summed E-state index contributed by atoms with van der Waals surface area (Å²) < 4.78 is 69.1. The highest BCUT2D eigenvalue weighted by atomic mass is 32.2. The zero-order valence-electron chi connectivity index (χ0n) is 19.5. The summed E-state index contributed by atoms with van der Waals surface area (Å²) in [7, 11) is -6.21. The van der Waals surface area contributed by atoms with Gasteiger partial charge in [0.15, 0.2) is 0 Å². The predicted octanol–water partition coefficient (Wildman–Crippen LogP) is 6.88. The van der Waals surface area contributed by atoms with Gasteiger partial charge in [0.05, 0.1) is 17.9 Å². The van der Waals surface area contributed by atoms with Crippen molar-refractivity contribution in [1.82, 2.24) is 0 Å². The maximum Gasteiger partial charge on any atom is 0.390 e. The van der Waals surface area contributed by atoms with Crippen molar-refractivity contribution in [2.45, 2.75) is 89.0 Å². The lowest BCUT2D eigenvalue weighted by Crippen LogP contribution is -2.43. The van der Waals surface area contributed by atoms with Gasteiger partial charge in [-0.1, -0.05) is 59.2 Å². The highest BCUT2D eigenvalue weighted by Crippen LogP contribution is 2.41. The first-order valence-corrected chi connectivity index (χ1v) is 14.3. The molecule has 0 heterocycles. The smallest absolute Gasteiger partial charge is 0.266 e. The average Bonchev–Trinajstić information content (AvgIpc) is 2.60. The molecular weight excluding hydrogens is 441 g/mol. The van der Waals surface area contributed by atoms with Crippen LogP contribution in [0.3, 0.4) is 0 Å². The molecule has 1 atom stereocenters. The molecule has 0 aliphatic rings. The van der Waals surface area contributed by atoms with E-state index < -0.39 is 36.7 Å². The van der Waals surface area contributed by atoms with Crippen molar-refractivity contribution in [3.8, 4) is 11.5 Å². The predicted molar refractivity (Wildman–Crippen MR) is 122 cm³/mol. The van der Waals surface area contributed by atoms with E-state index in [1.54, 1.807) is 12.1 Å². The Balaban J connectivity index is 3.06. The Hall–Kier alpha value is -1.30. The van der Waals surface area contributed by atoms with Gasteiger partial charge in [-0.25, -0.2) is 0 Å². The van der Waals surface area contributed by atoms with Crippen molar-refractivity contribution < 1.29 is 25.8 Å². The molecule has 31 heavy (non-hydrogen) atoms. The Morgan fingerprint density at radius 1 is 0.968 bits per heavy atom. The van der Waals surface area contributed by atoms with Gasteiger partial charge in [-0.2, -0.15) is 21.6 Å². The average molecular weight is 477 g/mol. The molecule has 0 aliphatic carbocycles. The summed E-state index contributed by atoms with van der Waals surface area (Å²) in [5.74, 6) is 1.91. The van der Waals surface area contributed by atoms with Crippen LogP contribution in [0.4, 0.5) is 13.2 Å². The van der Waals surface area contributed by atoms with Gasteiger partial charge in [0.2, 0.25) is 0 Å². The van der Waals surface area contributed by atoms with Gasteiger partial charge in [0, 0.05) is 5.92 Å². The van der Waals surface area contributed by atoms with Crippen LogP contribution in [0.15, 0.2) is 29.2 Å². The molecule has 0 amide bonds. The summed E-state index contributed by atoms with van der Waals surface area (Å²) in [5.41, 5.74) is 5.11. The van der Waals surface area contributed by atoms with Gasteiger partial charge in [0.25, 0.3) is 10.1 Å². The molecule has 0 saturated carbocycles. The Kier molecular flexibility index (Phi) is 9.86. The normalized spacial score (nSPS) is 14.1. The lowest BCUT2D eigenvalue weighted by Gasteiger charge is -2.38. The van der Waals surface area contributed by atoms with E-state index in [-0.39, 0.29) is 17.9 Å². The minimum absolute atomic E-state index is 0.0117. The zero-order valence-corrected chi connectivity index (χ0v) is 21.3. The first-order valence-electron chi connectivity index (χ1n) is 10.7. The third-order valence-electron chi connectivity index (χ3n) is 5.85. The number of rotatable bonds is 9. The summed E-state index contributed by atoms with van der Waals surface area (Å²) in [4.78, 5) is -0.0117. The van der Waals surface area contributed by atoms with Crippen LogP contribution in [0.2, 0.25) is 16.6 Å². The van der Waals surface area contributed by atoms with E-state index in [0.29, 0.717) is 16.6 Å². The van der Waals surface area contributed by atoms with Gasteiger partial charge in [0.1, 0.15) is 8.07 Å². The van der Waals surface area contributed by atoms with Crippen molar-refractivity contribution in [3.63, 3.8) is 0 Å². The molecular formula is C23H35F3O3SSi. The topological polar surface area (TPSA) is 43.4 Å². The Morgan fingerprint density at radius 2 is 1.45 bits per heavy atom. The summed E-state index contributed by atoms with van der Waals surface area (Å²) in [6, 6.07) is 6.13. The van der Waals surface area contributed by atoms with Gasteiger partial charge >= 0.3 is 6.18 Å². The highest BCUT2D eigenvalue weighted by Gasteiger charge is 2.42. The maximum absolute atomic E-state index is 13.1. The van der Waals surface area contributed by atoms with Crippen LogP contribution in [-0.4, -0.2) is 29.3 Å². The first-order chi connectivity index (χ1) is 14.1. The van der Waals surface area contributed by atoms with Crippen LogP contribution in [0.5, 0.6) is 0 Å². The number of hydrogen-bond donors (Lipinski definition) is 0. The summed E-state index contributed by atoms with van der Waals surface area (Å²) in [5, 5.41) is 0. The minimum Gasteiger partial charge on any atom is -0.266 e. The molecule has 0 aliphatic heterocycles. The number of alkyl halides is 3. The SMILES string of the molecule is Cc1ccc(S(=O)(=O)OCCC(C#C[Si](C(C)C)(C(C)C)C(C)C)CC(F)(F)F)cc1. The molecule has 0 fully saturated rings. The van der Waals surface area contributed by atoms with E-state index in [1.807, 2.05) is 6.92 Å². The van der Waals surface area contributed by atoms with Crippen LogP contribution < -0.4 is 0 Å². The van der Waals surface area contributed by atoms with Crippen LogP contribution in [0.1, 0.15) is 59.9 Å². The Bertz CT molecular complexity index is 842. The van der Waals surface area contributed by atoms with E-state index in [2.05, 4.69) is 53.0 Å². The Labute approximate surface area is 186 Å². The molecule has 0 radical (unpaired) electrons. The van der Waals surface area contributed by atoms with Crippen LogP contribution >= 0.6 is 0 Å². The Morgan fingerprint density at radius 3 is 1.87 bits per heavy atom. The number of hydrogen-bond acceptors (Lipinski definition) is 3. The summed E-state index contributed by atoms with van der Waals surface area (Å²) in [6.07, 6.45) is -5.56. The number of benzene rings is 1. The van der Waals surface area contributed by atoms with Gasteiger partial charge in [-0.3, -0.25) is 4.18 Å². The van der Waals surface area contributed by atoms with Crippen molar-refractivity contribution in [2.24, 2.45) is 5.92 Å². The summed E-state index contributed by atoms with van der Waals surface area (Å²) >= 11 is 0. The molecule has 176 valence electrons. The van der Waals surface area contributed by atoms with Crippen LogP contribution in [0, 0.1) is 24.3 Å². The fourth-order valence-electron chi connectivity index (χ4n) is 4.24. The lowest BCUT2D eigenvalue weighted by molar-refractivity contribution is -0.141. The van der Waals surface area contributed by atoms with Crippen molar-refractivity contribution >= 4 is 18.2 Å². The highest BCUT2D eigenvalue weighted by molar-refractivity contribution is 7.86. The molecule has 8 heteroatoms. The third-order valence-corrected chi connectivity index (χ3v) is 13.5. The van der Waals surface area contributed by atoms with Crippen molar-refractivity contribution in [2.75, 3.05) is 6.61 Å². The second-order valence-electron chi connectivity index (χ2n) is 9.06. The van der Waals surface area contributed by atoms with E-state index in [1.165, 1.54) is 12.1 Å². The molecule has 1 aromatic carbocycles. The molecule has 0 aromatic heterocycles. The minimum atomic E-state index is -4.38.